The predicted molar refractivity (Wildman–Crippen MR) is 198 cm³/mol. The summed E-state index contributed by atoms with van der Waals surface area (Å²) in [6.45, 7) is 2.87. The Balaban J connectivity index is 1.26. The van der Waals surface area contributed by atoms with Gasteiger partial charge in [0.15, 0.2) is 0 Å². The van der Waals surface area contributed by atoms with Crippen LogP contribution in [0.25, 0.3) is 10.9 Å². The maximum atomic E-state index is 14.0. The minimum atomic E-state index is -0.947. The quantitative estimate of drug-likeness (QED) is 0.108. The molecule has 4 aromatic rings. The Kier molecular flexibility index (Phi) is 13.1. The second-order valence-electron chi connectivity index (χ2n) is 12.3. The number of carbonyl (C=O) groups is 3. The third kappa shape index (κ3) is 9.83. The van der Waals surface area contributed by atoms with Crippen LogP contribution in [0.1, 0.15) is 43.2 Å². The molecular formula is C36H43Br2N7O4. The number of para-hydroxylation sites is 1. The zero-order valence-electron chi connectivity index (χ0n) is 27.3. The Morgan fingerprint density at radius 3 is 2.37 bits per heavy atom. The number of phenols is 1. The van der Waals surface area contributed by atoms with Gasteiger partial charge in [0.2, 0.25) is 17.7 Å². The zero-order valence-corrected chi connectivity index (χ0v) is 30.5. The molecule has 1 aliphatic rings. The number of nitrogens with two attached hydrogens (primary N) is 1. The molecule has 6 N–H and O–H groups in total. The third-order valence-corrected chi connectivity index (χ3v) is 10.1. The van der Waals surface area contributed by atoms with Gasteiger partial charge in [-0.05, 0) is 112 Å². The Morgan fingerprint density at radius 2 is 1.65 bits per heavy atom. The molecule has 2 aromatic carbocycles. The summed E-state index contributed by atoms with van der Waals surface area (Å²) in [4.78, 5) is 52.5. The summed E-state index contributed by atoms with van der Waals surface area (Å²) in [5.41, 5.74) is 9.72. The minimum absolute atomic E-state index is 0.0423. The lowest BCUT2D eigenvalue weighted by Crippen LogP contribution is -2.57. The summed E-state index contributed by atoms with van der Waals surface area (Å²) in [7, 11) is 0. The maximum Gasteiger partial charge on any atom is 0.245 e. The number of aryl methyl sites for hydroxylation is 1. The molecule has 2 aromatic heterocycles. The first kappa shape index (κ1) is 36.3. The van der Waals surface area contributed by atoms with Gasteiger partial charge in [-0.1, -0.05) is 18.2 Å². The molecule has 13 heteroatoms. The first-order valence-corrected chi connectivity index (χ1v) is 18.3. The number of benzene rings is 2. The number of aromatic amines is 1. The van der Waals surface area contributed by atoms with Gasteiger partial charge in [-0.3, -0.25) is 19.4 Å². The van der Waals surface area contributed by atoms with Crippen LogP contribution < -0.4 is 21.3 Å². The largest absolute Gasteiger partial charge is 0.506 e. The number of aromatic nitrogens is 2. The normalized spacial score (nSPS) is 14.4. The van der Waals surface area contributed by atoms with Crippen LogP contribution in [0.15, 0.2) is 76.1 Å². The topological polar surface area (TPSA) is 157 Å². The lowest BCUT2D eigenvalue weighted by Gasteiger charge is -2.37. The van der Waals surface area contributed by atoms with E-state index in [1.54, 1.807) is 29.4 Å². The number of H-pyrrole nitrogens is 1. The van der Waals surface area contributed by atoms with Crippen molar-refractivity contribution in [2.75, 3.05) is 37.6 Å². The van der Waals surface area contributed by atoms with Crippen LogP contribution >= 0.6 is 31.9 Å². The highest BCUT2D eigenvalue weighted by atomic mass is 79.9. The van der Waals surface area contributed by atoms with Gasteiger partial charge in [0.05, 0.1) is 8.95 Å². The SMILES string of the molecule is NCCCC[C@H](NC(=O)[C@H](Cc1cc(Br)c(O)c(Br)c1)NC(=O)CCCc1c[nH]c2ccccc12)C(=O)N1CCN(c2ccncc2)CC1. The van der Waals surface area contributed by atoms with E-state index < -0.39 is 18.0 Å². The number of halogens is 2. The van der Waals surface area contributed by atoms with E-state index in [0.717, 1.165) is 28.6 Å². The number of carbonyl (C=O) groups excluding carboxylic acids is 3. The molecule has 0 aliphatic carbocycles. The van der Waals surface area contributed by atoms with Gasteiger partial charge >= 0.3 is 0 Å². The molecule has 5 rings (SSSR count). The zero-order chi connectivity index (χ0) is 34.8. The van der Waals surface area contributed by atoms with Crippen molar-refractivity contribution in [2.24, 2.45) is 5.73 Å². The van der Waals surface area contributed by atoms with Crippen LogP contribution in [0.2, 0.25) is 0 Å². The van der Waals surface area contributed by atoms with Gasteiger partial charge < -0.3 is 36.3 Å². The third-order valence-electron chi connectivity index (χ3n) is 8.87. The van der Waals surface area contributed by atoms with Crippen molar-refractivity contribution in [3.63, 3.8) is 0 Å². The van der Waals surface area contributed by atoms with E-state index in [4.69, 9.17) is 5.73 Å². The number of hydrogen-bond acceptors (Lipinski definition) is 7. The number of nitrogens with one attached hydrogen (secondary N) is 3. The van der Waals surface area contributed by atoms with Crippen molar-refractivity contribution < 1.29 is 19.5 Å². The molecule has 11 nitrogen and oxygen atoms in total. The van der Waals surface area contributed by atoms with Gasteiger partial charge in [0.25, 0.3) is 0 Å². The fourth-order valence-corrected chi connectivity index (χ4v) is 7.49. The molecular weight excluding hydrogens is 754 g/mol. The van der Waals surface area contributed by atoms with E-state index in [-0.39, 0.29) is 30.4 Å². The highest BCUT2D eigenvalue weighted by Crippen LogP contribution is 2.33. The molecule has 260 valence electrons. The number of nitrogens with zero attached hydrogens (tertiary/aromatic N) is 3. The van der Waals surface area contributed by atoms with E-state index in [0.29, 0.717) is 72.9 Å². The number of anilines is 1. The van der Waals surface area contributed by atoms with Crippen LogP contribution in [0, 0.1) is 0 Å². The monoisotopic (exact) mass is 795 g/mol. The summed E-state index contributed by atoms with van der Waals surface area (Å²) < 4.78 is 0.920. The average Bonchev–Trinajstić information content (AvgIpc) is 3.53. The molecule has 0 spiro atoms. The molecule has 49 heavy (non-hydrogen) atoms. The van der Waals surface area contributed by atoms with Gasteiger partial charge in [-0.15, -0.1) is 0 Å². The van der Waals surface area contributed by atoms with E-state index in [9.17, 15) is 19.5 Å². The Labute approximate surface area is 303 Å². The second kappa shape index (κ2) is 17.6. The van der Waals surface area contributed by atoms with Gasteiger partial charge in [0.1, 0.15) is 17.8 Å². The van der Waals surface area contributed by atoms with Crippen LogP contribution in [-0.4, -0.2) is 82.5 Å². The van der Waals surface area contributed by atoms with E-state index in [2.05, 4.69) is 63.4 Å². The molecule has 0 bridgehead atoms. The number of hydrogen-bond donors (Lipinski definition) is 5. The summed E-state index contributed by atoms with van der Waals surface area (Å²) in [6.07, 6.45) is 9.01. The van der Waals surface area contributed by atoms with Crippen molar-refractivity contribution >= 4 is 66.2 Å². The van der Waals surface area contributed by atoms with Crippen LogP contribution in [0.5, 0.6) is 5.75 Å². The molecule has 1 saturated heterocycles. The summed E-state index contributed by atoms with van der Waals surface area (Å²) in [5, 5.41) is 17.3. The number of rotatable bonds is 15. The molecule has 0 unspecified atom stereocenters. The molecule has 0 saturated carbocycles. The Bertz CT molecular complexity index is 1700. The summed E-state index contributed by atoms with van der Waals surface area (Å²) in [6, 6.07) is 13.7. The number of aromatic hydroxyl groups is 1. The van der Waals surface area contributed by atoms with Gasteiger partial charge in [0, 0.05) is 74.2 Å². The van der Waals surface area contributed by atoms with Crippen LogP contribution in [0.3, 0.4) is 0 Å². The van der Waals surface area contributed by atoms with Gasteiger partial charge in [-0.25, -0.2) is 0 Å². The Morgan fingerprint density at radius 1 is 0.939 bits per heavy atom. The molecule has 0 radical (unpaired) electrons. The van der Waals surface area contributed by atoms with E-state index in [1.165, 1.54) is 0 Å². The van der Waals surface area contributed by atoms with Crippen molar-refractivity contribution in [2.45, 2.75) is 57.0 Å². The van der Waals surface area contributed by atoms with Crippen LogP contribution in [-0.2, 0) is 27.2 Å². The summed E-state index contributed by atoms with van der Waals surface area (Å²) >= 11 is 6.73. The minimum Gasteiger partial charge on any atom is -0.506 e. The first-order chi connectivity index (χ1) is 23.7. The van der Waals surface area contributed by atoms with E-state index >= 15 is 0 Å². The fraction of sp³-hybridized carbons (Fsp3) is 0.389. The number of amides is 3. The molecule has 3 heterocycles. The highest BCUT2D eigenvalue weighted by molar-refractivity contribution is 9.11. The molecule has 3 amide bonds. The average molecular weight is 798 g/mol. The highest BCUT2D eigenvalue weighted by Gasteiger charge is 2.31. The number of phenolic OH excluding ortho intramolecular Hbond substituents is 1. The predicted octanol–water partition coefficient (Wildman–Crippen LogP) is 4.81. The molecule has 1 aliphatic heterocycles. The van der Waals surface area contributed by atoms with Crippen molar-refractivity contribution in [3.05, 3.63) is 87.2 Å². The number of pyridine rings is 1. The van der Waals surface area contributed by atoms with Gasteiger partial charge in [-0.2, -0.15) is 0 Å². The Hall–Kier alpha value is -3.94. The standard InChI is InChI=1S/C36H43Br2N7O4/c37-28-20-24(21-29(38)34(28)47)22-32(42-33(46)10-5-6-25-23-41-30-8-2-1-7-27(25)30)35(48)43-31(9-3-4-13-39)36(49)45-18-16-44(17-19-45)26-11-14-40-15-12-26/h1-2,7-8,11-12,14-15,20-21,23,31-32,41,47H,3-6,9-10,13,16-19,22,39H2,(H,42,46)(H,43,48)/t31-,32-/m0/s1. The molecule has 1 fully saturated rings. The number of fused-ring (bicyclic) bond motifs is 1. The van der Waals surface area contributed by atoms with Crippen LogP contribution in [0.4, 0.5) is 5.69 Å². The van der Waals surface area contributed by atoms with E-state index in [1.807, 2.05) is 36.5 Å². The number of piperazine rings is 1. The van der Waals surface area contributed by atoms with Crippen molar-refractivity contribution in [1.29, 1.82) is 0 Å². The lowest BCUT2D eigenvalue weighted by atomic mass is 10.0. The maximum absolute atomic E-state index is 14.0. The fourth-order valence-electron chi connectivity index (χ4n) is 6.21. The van der Waals surface area contributed by atoms with Crippen molar-refractivity contribution in [3.8, 4) is 5.75 Å². The smallest absolute Gasteiger partial charge is 0.245 e. The summed E-state index contributed by atoms with van der Waals surface area (Å²) in [5.74, 6) is -0.790. The lowest BCUT2D eigenvalue weighted by molar-refractivity contribution is -0.137. The molecule has 2 atom stereocenters. The number of unbranched alkanes of at least 4 members (excludes halogenated alkanes) is 1. The second-order valence-corrected chi connectivity index (χ2v) is 14.0. The first-order valence-electron chi connectivity index (χ1n) is 16.7. The van der Waals surface area contributed by atoms with Crippen molar-refractivity contribution in [1.82, 2.24) is 25.5 Å².